The number of hydrogen-bond donors (Lipinski definition) is 1. The Balaban J connectivity index is 2.67. The van der Waals surface area contributed by atoms with Crippen molar-refractivity contribution in [1.82, 2.24) is 5.48 Å². The molecule has 0 unspecified atom stereocenters. The van der Waals surface area contributed by atoms with Gasteiger partial charge in [0.1, 0.15) is 0 Å². The van der Waals surface area contributed by atoms with Crippen LogP contribution in [0.1, 0.15) is 49.9 Å². The van der Waals surface area contributed by atoms with Gasteiger partial charge in [0.05, 0.1) is 19.3 Å². The molecule has 0 aliphatic heterocycles. The minimum absolute atomic E-state index is 0.0243. The number of benzene rings is 1. The van der Waals surface area contributed by atoms with Gasteiger partial charge in [0.15, 0.2) is 23.9 Å². The predicted molar refractivity (Wildman–Crippen MR) is 91.3 cm³/mol. The SMILES string of the molecule is CCCOc1ccc(C(=O)CCC(=O)NOCC#N)cc1OCCC. The van der Waals surface area contributed by atoms with Crippen molar-refractivity contribution < 1.29 is 23.9 Å². The summed E-state index contributed by atoms with van der Waals surface area (Å²) < 4.78 is 11.3. The highest BCUT2D eigenvalue weighted by Crippen LogP contribution is 2.29. The number of hydroxylamine groups is 1. The first-order valence-corrected chi connectivity index (χ1v) is 8.32. The van der Waals surface area contributed by atoms with E-state index in [9.17, 15) is 9.59 Å². The third-order valence-corrected chi connectivity index (χ3v) is 3.09. The van der Waals surface area contributed by atoms with Gasteiger partial charge < -0.3 is 9.47 Å². The van der Waals surface area contributed by atoms with Crippen LogP contribution in [-0.4, -0.2) is 31.5 Å². The average molecular weight is 348 g/mol. The van der Waals surface area contributed by atoms with Crippen LogP contribution in [0.5, 0.6) is 11.5 Å². The number of nitriles is 1. The van der Waals surface area contributed by atoms with E-state index >= 15 is 0 Å². The quantitative estimate of drug-likeness (QED) is 0.354. The number of carbonyl (C=O) groups excluding carboxylic acids is 2. The Kier molecular flexibility index (Phi) is 9.71. The number of carbonyl (C=O) groups is 2. The number of amides is 1. The fourth-order valence-corrected chi connectivity index (χ4v) is 1.91. The Morgan fingerprint density at radius 2 is 1.76 bits per heavy atom. The number of ether oxygens (including phenoxy) is 2. The molecule has 0 atom stereocenters. The molecule has 136 valence electrons. The lowest BCUT2D eigenvalue weighted by Gasteiger charge is -2.13. The largest absolute Gasteiger partial charge is 0.490 e. The van der Waals surface area contributed by atoms with E-state index in [1.807, 2.05) is 13.8 Å². The van der Waals surface area contributed by atoms with E-state index in [1.165, 1.54) is 0 Å². The normalized spacial score (nSPS) is 9.96. The maximum Gasteiger partial charge on any atom is 0.244 e. The van der Waals surface area contributed by atoms with Gasteiger partial charge in [-0.2, -0.15) is 5.26 Å². The molecular weight excluding hydrogens is 324 g/mol. The molecule has 7 nitrogen and oxygen atoms in total. The number of Topliss-reactive ketones (excluding diaryl/α,β-unsaturated/α-hetero) is 1. The van der Waals surface area contributed by atoms with Crippen molar-refractivity contribution in [3.63, 3.8) is 0 Å². The van der Waals surface area contributed by atoms with Gasteiger partial charge in [0, 0.05) is 18.4 Å². The van der Waals surface area contributed by atoms with Crippen LogP contribution in [0.3, 0.4) is 0 Å². The van der Waals surface area contributed by atoms with E-state index in [0.29, 0.717) is 30.3 Å². The monoisotopic (exact) mass is 348 g/mol. The van der Waals surface area contributed by atoms with E-state index in [1.54, 1.807) is 24.3 Å². The summed E-state index contributed by atoms with van der Waals surface area (Å²) in [4.78, 5) is 28.3. The van der Waals surface area contributed by atoms with Crippen molar-refractivity contribution in [2.24, 2.45) is 0 Å². The second kappa shape index (κ2) is 11.9. The van der Waals surface area contributed by atoms with Crippen LogP contribution in [0, 0.1) is 11.3 Å². The maximum absolute atomic E-state index is 12.3. The summed E-state index contributed by atoms with van der Waals surface area (Å²) in [5.74, 6) is 0.505. The van der Waals surface area contributed by atoms with E-state index in [4.69, 9.17) is 14.7 Å². The molecule has 25 heavy (non-hydrogen) atoms. The fourth-order valence-electron chi connectivity index (χ4n) is 1.91. The van der Waals surface area contributed by atoms with Crippen molar-refractivity contribution in [3.05, 3.63) is 23.8 Å². The molecule has 0 spiro atoms. The highest BCUT2D eigenvalue weighted by molar-refractivity contribution is 5.98. The predicted octanol–water partition coefficient (Wildman–Crippen LogP) is 2.80. The number of nitrogens with zero attached hydrogens (tertiary/aromatic N) is 1. The zero-order valence-electron chi connectivity index (χ0n) is 14.7. The van der Waals surface area contributed by atoms with Crippen molar-refractivity contribution in [1.29, 1.82) is 5.26 Å². The van der Waals surface area contributed by atoms with Gasteiger partial charge >= 0.3 is 0 Å². The summed E-state index contributed by atoms with van der Waals surface area (Å²) in [6.07, 6.45) is 1.72. The smallest absolute Gasteiger partial charge is 0.244 e. The Morgan fingerprint density at radius 3 is 2.40 bits per heavy atom. The van der Waals surface area contributed by atoms with E-state index in [2.05, 4.69) is 10.3 Å². The molecule has 0 aromatic heterocycles. The van der Waals surface area contributed by atoms with Gasteiger partial charge in [-0.25, -0.2) is 5.48 Å². The van der Waals surface area contributed by atoms with Gasteiger partial charge in [-0.1, -0.05) is 13.8 Å². The minimum Gasteiger partial charge on any atom is -0.490 e. The lowest BCUT2D eigenvalue weighted by atomic mass is 10.1. The molecule has 1 rings (SSSR count). The van der Waals surface area contributed by atoms with Crippen molar-refractivity contribution in [2.75, 3.05) is 19.8 Å². The molecule has 0 aliphatic rings. The van der Waals surface area contributed by atoms with Crippen molar-refractivity contribution >= 4 is 11.7 Å². The van der Waals surface area contributed by atoms with E-state index in [-0.39, 0.29) is 25.2 Å². The summed E-state index contributed by atoms with van der Waals surface area (Å²) in [7, 11) is 0. The molecule has 0 bridgehead atoms. The zero-order chi connectivity index (χ0) is 18.5. The van der Waals surface area contributed by atoms with Crippen molar-refractivity contribution in [2.45, 2.75) is 39.5 Å². The lowest BCUT2D eigenvalue weighted by molar-refractivity contribution is -0.132. The lowest BCUT2D eigenvalue weighted by Crippen LogP contribution is -2.24. The highest BCUT2D eigenvalue weighted by Gasteiger charge is 2.13. The summed E-state index contributed by atoms with van der Waals surface area (Å²) in [5, 5.41) is 8.31. The Hall–Kier alpha value is -2.59. The summed E-state index contributed by atoms with van der Waals surface area (Å²) in [6, 6.07) is 6.75. The topological polar surface area (TPSA) is 97.7 Å². The van der Waals surface area contributed by atoms with Crippen LogP contribution < -0.4 is 15.0 Å². The van der Waals surface area contributed by atoms with Gasteiger partial charge in [-0.3, -0.25) is 14.4 Å². The fraction of sp³-hybridized carbons (Fsp3) is 0.500. The van der Waals surface area contributed by atoms with Crippen molar-refractivity contribution in [3.8, 4) is 17.6 Å². The molecule has 1 N–H and O–H groups in total. The van der Waals surface area contributed by atoms with Gasteiger partial charge in [0.2, 0.25) is 5.91 Å². The Labute approximate surface area is 147 Å². The first kappa shape index (κ1) is 20.5. The standard InChI is InChI=1S/C18H24N2O5/c1-3-10-23-16-7-5-14(13-17(16)24-11-4-2)15(21)6-8-18(22)20-25-12-9-19/h5,7,13H,3-4,6,8,10-12H2,1-2H3,(H,20,22). The summed E-state index contributed by atoms with van der Waals surface area (Å²) in [5.41, 5.74) is 2.56. The van der Waals surface area contributed by atoms with E-state index in [0.717, 1.165) is 12.8 Å². The third kappa shape index (κ3) is 7.68. The number of ketones is 1. The Morgan fingerprint density at radius 1 is 1.08 bits per heavy atom. The van der Waals surface area contributed by atoms with E-state index < -0.39 is 5.91 Å². The molecule has 0 aliphatic carbocycles. The molecule has 7 heteroatoms. The second-order valence-electron chi connectivity index (χ2n) is 5.25. The number of hydrogen-bond acceptors (Lipinski definition) is 6. The van der Waals surface area contributed by atoms with Crippen LogP contribution in [0.4, 0.5) is 0 Å². The molecule has 1 amide bonds. The maximum atomic E-state index is 12.3. The summed E-state index contributed by atoms with van der Waals surface area (Å²) >= 11 is 0. The van der Waals surface area contributed by atoms with Crippen LogP contribution in [0.2, 0.25) is 0 Å². The summed E-state index contributed by atoms with van der Waals surface area (Å²) in [6.45, 7) is 4.86. The molecular formula is C18H24N2O5. The molecule has 0 heterocycles. The first-order valence-electron chi connectivity index (χ1n) is 8.32. The van der Waals surface area contributed by atoms with Gasteiger partial charge in [0.25, 0.3) is 0 Å². The van der Waals surface area contributed by atoms with Gasteiger partial charge in [-0.05, 0) is 31.0 Å². The first-order chi connectivity index (χ1) is 12.1. The zero-order valence-corrected chi connectivity index (χ0v) is 14.7. The van der Waals surface area contributed by atoms with Crippen LogP contribution in [0.15, 0.2) is 18.2 Å². The number of nitrogens with one attached hydrogen (secondary N) is 1. The second-order valence-corrected chi connectivity index (χ2v) is 5.25. The number of rotatable bonds is 12. The molecule has 1 aromatic rings. The molecule has 0 radical (unpaired) electrons. The third-order valence-electron chi connectivity index (χ3n) is 3.09. The van der Waals surface area contributed by atoms with Crippen LogP contribution in [-0.2, 0) is 9.63 Å². The average Bonchev–Trinajstić information content (AvgIpc) is 2.63. The minimum atomic E-state index is -0.450. The highest BCUT2D eigenvalue weighted by atomic mass is 16.6. The molecule has 0 fully saturated rings. The molecule has 1 aromatic carbocycles. The molecule has 0 saturated carbocycles. The Bertz CT molecular complexity index is 610. The van der Waals surface area contributed by atoms with Crippen LogP contribution >= 0.6 is 0 Å². The molecule has 0 saturated heterocycles. The van der Waals surface area contributed by atoms with Gasteiger partial charge in [-0.15, -0.1) is 0 Å². The van der Waals surface area contributed by atoms with Crippen LogP contribution in [0.25, 0.3) is 0 Å².